The second-order valence-corrected chi connectivity index (χ2v) is 7.43. The molecule has 0 aromatic heterocycles. The van der Waals surface area contributed by atoms with Crippen LogP contribution in [0, 0.1) is 0 Å². The first-order valence-electron chi connectivity index (χ1n) is 8.57. The standard InChI is InChI=1S/C16H33FO3S/c1-3-5-7-8-9-10-11-12-13-15-20-21(18,19)16(17)14-6-4-2/h16H,3-15H2,1-2H3. The van der Waals surface area contributed by atoms with E-state index in [-0.39, 0.29) is 13.0 Å². The fourth-order valence-electron chi connectivity index (χ4n) is 2.17. The molecule has 0 bridgehead atoms. The summed E-state index contributed by atoms with van der Waals surface area (Å²) >= 11 is 0. The van der Waals surface area contributed by atoms with E-state index in [0.29, 0.717) is 12.8 Å². The molecule has 0 saturated carbocycles. The van der Waals surface area contributed by atoms with Gasteiger partial charge in [-0.15, -0.1) is 0 Å². The van der Waals surface area contributed by atoms with Gasteiger partial charge in [0.1, 0.15) is 0 Å². The molecule has 1 unspecified atom stereocenters. The minimum atomic E-state index is -4.01. The predicted molar refractivity (Wildman–Crippen MR) is 86.5 cm³/mol. The number of rotatable bonds is 15. The molecule has 0 N–H and O–H groups in total. The third-order valence-electron chi connectivity index (χ3n) is 3.59. The molecule has 0 amide bonds. The Morgan fingerprint density at radius 3 is 1.81 bits per heavy atom. The van der Waals surface area contributed by atoms with Crippen molar-refractivity contribution < 1.29 is 17.0 Å². The van der Waals surface area contributed by atoms with Crippen LogP contribution in [0.25, 0.3) is 0 Å². The molecular formula is C16H33FO3S. The Labute approximate surface area is 130 Å². The summed E-state index contributed by atoms with van der Waals surface area (Å²) in [7, 11) is -4.01. The van der Waals surface area contributed by atoms with E-state index in [4.69, 9.17) is 4.18 Å². The predicted octanol–water partition coefficient (Wildman–Crippen LogP) is 5.35. The van der Waals surface area contributed by atoms with Gasteiger partial charge < -0.3 is 0 Å². The molecule has 21 heavy (non-hydrogen) atoms. The summed E-state index contributed by atoms with van der Waals surface area (Å²) in [5.74, 6) is 0. The van der Waals surface area contributed by atoms with Crippen LogP contribution in [0.5, 0.6) is 0 Å². The number of unbranched alkanes of at least 4 members (excludes halogenated alkanes) is 9. The first kappa shape index (κ1) is 20.8. The zero-order valence-electron chi connectivity index (χ0n) is 13.8. The van der Waals surface area contributed by atoms with Crippen molar-refractivity contribution in [1.82, 2.24) is 0 Å². The Kier molecular flexibility index (Phi) is 13.4. The van der Waals surface area contributed by atoms with Crippen LogP contribution in [0.1, 0.15) is 90.9 Å². The first-order chi connectivity index (χ1) is 10.0. The maximum absolute atomic E-state index is 13.4. The molecule has 0 aliphatic rings. The van der Waals surface area contributed by atoms with Gasteiger partial charge in [0.25, 0.3) is 10.1 Å². The zero-order valence-corrected chi connectivity index (χ0v) is 14.6. The lowest BCUT2D eigenvalue weighted by Crippen LogP contribution is -2.19. The Morgan fingerprint density at radius 1 is 0.810 bits per heavy atom. The highest BCUT2D eigenvalue weighted by molar-refractivity contribution is 7.87. The van der Waals surface area contributed by atoms with Crippen LogP contribution >= 0.6 is 0 Å². The highest BCUT2D eigenvalue weighted by Gasteiger charge is 2.24. The summed E-state index contributed by atoms with van der Waals surface area (Å²) in [6, 6.07) is 0. The molecule has 0 fully saturated rings. The summed E-state index contributed by atoms with van der Waals surface area (Å²) in [6.45, 7) is 4.23. The highest BCUT2D eigenvalue weighted by Crippen LogP contribution is 2.15. The Balaban J connectivity index is 3.49. The van der Waals surface area contributed by atoms with Crippen LogP contribution in [0.3, 0.4) is 0 Å². The minimum Gasteiger partial charge on any atom is -0.268 e. The van der Waals surface area contributed by atoms with Crippen molar-refractivity contribution in [3.05, 3.63) is 0 Å². The number of halogens is 1. The van der Waals surface area contributed by atoms with Gasteiger partial charge in [-0.05, 0) is 19.3 Å². The summed E-state index contributed by atoms with van der Waals surface area (Å²) in [6.07, 6.45) is 11.8. The average molecular weight is 325 g/mol. The SMILES string of the molecule is CCCCCCCCCCCOS(=O)(=O)C(F)CCCC. The molecule has 128 valence electrons. The van der Waals surface area contributed by atoms with Crippen molar-refractivity contribution in [1.29, 1.82) is 0 Å². The van der Waals surface area contributed by atoms with E-state index < -0.39 is 15.6 Å². The lowest BCUT2D eigenvalue weighted by atomic mass is 10.1. The second-order valence-electron chi connectivity index (χ2n) is 5.70. The first-order valence-corrected chi connectivity index (χ1v) is 10.0. The number of hydrogen-bond acceptors (Lipinski definition) is 3. The van der Waals surface area contributed by atoms with Gasteiger partial charge >= 0.3 is 0 Å². The summed E-state index contributed by atoms with van der Waals surface area (Å²) in [5, 5.41) is 0. The van der Waals surface area contributed by atoms with Crippen LogP contribution in [-0.2, 0) is 14.3 Å². The summed E-state index contributed by atoms with van der Waals surface area (Å²) in [4.78, 5) is 0. The lowest BCUT2D eigenvalue weighted by Gasteiger charge is -2.09. The van der Waals surface area contributed by atoms with E-state index in [1.807, 2.05) is 6.92 Å². The van der Waals surface area contributed by atoms with Crippen molar-refractivity contribution >= 4 is 10.1 Å². The van der Waals surface area contributed by atoms with Gasteiger partial charge in [0, 0.05) is 0 Å². The van der Waals surface area contributed by atoms with Gasteiger partial charge in [0.15, 0.2) is 0 Å². The maximum atomic E-state index is 13.4. The van der Waals surface area contributed by atoms with E-state index in [1.54, 1.807) is 0 Å². The Morgan fingerprint density at radius 2 is 1.29 bits per heavy atom. The van der Waals surface area contributed by atoms with Crippen LogP contribution in [0.2, 0.25) is 0 Å². The maximum Gasteiger partial charge on any atom is 0.299 e. The molecule has 5 heteroatoms. The molecule has 0 rings (SSSR count). The molecule has 0 radical (unpaired) electrons. The van der Waals surface area contributed by atoms with E-state index in [1.165, 1.54) is 38.5 Å². The van der Waals surface area contributed by atoms with Gasteiger partial charge in [-0.2, -0.15) is 8.42 Å². The third-order valence-corrected chi connectivity index (χ3v) is 4.95. The van der Waals surface area contributed by atoms with Gasteiger partial charge in [-0.1, -0.05) is 71.6 Å². The molecule has 0 aliphatic heterocycles. The van der Waals surface area contributed by atoms with Crippen LogP contribution in [0.4, 0.5) is 4.39 Å². The van der Waals surface area contributed by atoms with Crippen LogP contribution in [-0.4, -0.2) is 20.5 Å². The number of alkyl halides is 1. The number of hydrogen-bond donors (Lipinski definition) is 0. The van der Waals surface area contributed by atoms with Crippen LogP contribution < -0.4 is 0 Å². The van der Waals surface area contributed by atoms with E-state index in [2.05, 4.69) is 6.92 Å². The highest BCUT2D eigenvalue weighted by atomic mass is 32.2. The molecule has 0 aromatic carbocycles. The van der Waals surface area contributed by atoms with Crippen LogP contribution in [0.15, 0.2) is 0 Å². The van der Waals surface area contributed by atoms with E-state index >= 15 is 0 Å². The lowest BCUT2D eigenvalue weighted by molar-refractivity contribution is 0.271. The normalized spacial score (nSPS) is 13.5. The Hall–Kier alpha value is -0.160. The molecule has 0 aliphatic carbocycles. The van der Waals surface area contributed by atoms with Crippen molar-refractivity contribution in [2.75, 3.05) is 6.61 Å². The third kappa shape index (κ3) is 12.1. The molecule has 0 spiro atoms. The quantitative estimate of drug-likeness (QED) is 0.301. The molecule has 3 nitrogen and oxygen atoms in total. The molecule has 0 saturated heterocycles. The monoisotopic (exact) mass is 324 g/mol. The smallest absolute Gasteiger partial charge is 0.268 e. The van der Waals surface area contributed by atoms with Gasteiger partial charge in [-0.25, -0.2) is 4.39 Å². The molecule has 0 aromatic rings. The van der Waals surface area contributed by atoms with Gasteiger partial charge in [0.05, 0.1) is 6.61 Å². The van der Waals surface area contributed by atoms with E-state index in [9.17, 15) is 12.8 Å². The fourth-order valence-corrected chi connectivity index (χ4v) is 3.12. The van der Waals surface area contributed by atoms with Crippen molar-refractivity contribution in [3.8, 4) is 0 Å². The van der Waals surface area contributed by atoms with Gasteiger partial charge in [0.2, 0.25) is 5.50 Å². The largest absolute Gasteiger partial charge is 0.299 e. The van der Waals surface area contributed by atoms with Crippen molar-refractivity contribution in [2.24, 2.45) is 0 Å². The summed E-state index contributed by atoms with van der Waals surface area (Å²) in [5.41, 5.74) is -1.86. The average Bonchev–Trinajstić information content (AvgIpc) is 2.46. The second kappa shape index (κ2) is 13.5. The van der Waals surface area contributed by atoms with E-state index in [0.717, 1.165) is 19.3 Å². The Bertz CT molecular complexity index is 317. The van der Waals surface area contributed by atoms with Crippen molar-refractivity contribution in [2.45, 2.75) is 96.4 Å². The summed E-state index contributed by atoms with van der Waals surface area (Å²) < 4.78 is 41.1. The molecule has 1 atom stereocenters. The fraction of sp³-hybridized carbons (Fsp3) is 1.00. The van der Waals surface area contributed by atoms with Crippen molar-refractivity contribution in [3.63, 3.8) is 0 Å². The molecule has 0 heterocycles. The molecular weight excluding hydrogens is 291 g/mol. The minimum absolute atomic E-state index is 0.0383. The van der Waals surface area contributed by atoms with Gasteiger partial charge in [-0.3, -0.25) is 4.18 Å². The zero-order chi connectivity index (χ0) is 16.0. The topological polar surface area (TPSA) is 43.4 Å².